The number of terminal acetylenes is 1. The van der Waals surface area contributed by atoms with E-state index in [0.717, 1.165) is 5.56 Å². The van der Waals surface area contributed by atoms with E-state index in [4.69, 9.17) is 11.2 Å². The number of benzene rings is 1. The van der Waals surface area contributed by atoms with Gasteiger partial charge in [-0.15, -0.1) is 12.3 Å². The Hall–Kier alpha value is -2.24. The molecule has 0 saturated carbocycles. The summed E-state index contributed by atoms with van der Waals surface area (Å²) in [5.74, 6) is 2.63. The van der Waals surface area contributed by atoms with Crippen molar-refractivity contribution in [2.75, 3.05) is 26.0 Å². The van der Waals surface area contributed by atoms with E-state index in [1.165, 1.54) is 6.26 Å². The zero-order valence-electron chi connectivity index (χ0n) is 15.3. The van der Waals surface area contributed by atoms with Crippen molar-refractivity contribution in [3.63, 3.8) is 0 Å². The average molecular weight is 389 g/mol. The molecule has 0 radical (unpaired) electrons. The normalized spacial score (nSPS) is 20.9. The fraction of sp³-hybridized carbons (Fsp3) is 0.526. The molecular weight excluding hydrogens is 366 g/mol. The van der Waals surface area contributed by atoms with Crippen molar-refractivity contribution in [1.29, 1.82) is 0 Å². The molecule has 7 nitrogen and oxygen atoms in total. The predicted octanol–water partition coefficient (Wildman–Crippen LogP) is 2.35. The summed E-state index contributed by atoms with van der Waals surface area (Å²) in [6.07, 6.45) is 8.44. The lowest BCUT2D eigenvalue weighted by molar-refractivity contribution is -0.139. The predicted molar refractivity (Wildman–Crippen MR) is 99.7 cm³/mol. The zero-order valence-corrected chi connectivity index (χ0v) is 16.1. The van der Waals surface area contributed by atoms with Crippen LogP contribution in [0.1, 0.15) is 37.4 Å². The Morgan fingerprint density at radius 3 is 2.63 bits per heavy atom. The SMILES string of the molecule is C#CCCC1(CCC(=O)N2CCOC(c3ccc(S(C)(=O)=O)cc3)C2)N=N1. The minimum absolute atomic E-state index is 0.0495. The number of ether oxygens (including phenoxy) is 1. The average Bonchev–Trinajstić information content (AvgIpc) is 3.44. The second-order valence-corrected chi connectivity index (χ2v) is 8.94. The molecular formula is C19H23N3O4S. The molecule has 1 amide bonds. The first-order valence-electron chi connectivity index (χ1n) is 8.90. The lowest BCUT2D eigenvalue weighted by Crippen LogP contribution is -2.42. The molecule has 144 valence electrons. The minimum Gasteiger partial charge on any atom is -0.370 e. The molecule has 0 spiro atoms. The van der Waals surface area contributed by atoms with Gasteiger partial charge >= 0.3 is 0 Å². The van der Waals surface area contributed by atoms with Gasteiger partial charge in [0.2, 0.25) is 5.91 Å². The maximum absolute atomic E-state index is 12.6. The lowest BCUT2D eigenvalue weighted by atomic mass is 10.0. The Kier molecular flexibility index (Phi) is 5.63. The van der Waals surface area contributed by atoms with Crippen molar-refractivity contribution in [3.8, 4) is 12.3 Å². The van der Waals surface area contributed by atoms with Crippen molar-refractivity contribution >= 4 is 15.7 Å². The Bertz CT molecular complexity index is 865. The first kappa shape index (κ1) is 19.5. The van der Waals surface area contributed by atoms with Gasteiger partial charge in [0.15, 0.2) is 15.5 Å². The number of nitrogens with zero attached hydrogens (tertiary/aromatic N) is 3. The van der Waals surface area contributed by atoms with E-state index in [-0.39, 0.29) is 16.9 Å². The van der Waals surface area contributed by atoms with Crippen molar-refractivity contribution in [2.45, 2.75) is 42.3 Å². The number of rotatable bonds is 7. The standard InChI is InChI=1S/C19H23N3O4S/c1-3-4-10-19(20-21-19)11-9-18(23)22-12-13-26-17(14-22)15-5-7-16(8-6-15)27(2,24)25/h1,5-8,17H,4,9-14H2,2H3. The van der Waals surface area contributed by atoms with Crippen LogP contribution in [0, 0.1) is 12.3 Å². The van der Waals surface area contributed by atoms with Gasteiger partial charge in [-0.25, -0.2) is 8.42 Å². The molecule has 1 aromatic rings. The second-order valence-electron chi connectivity index (χ2n) is 6.93. The lowest BCUT2D eigenvalue weighted by Gasteiger charge is -2.33. The largest absolute Gasteiger partial charge is 0.370 e. The van der Waals surface area contributed by atoms with Crippen LogP contribution < -0.4 is 0 Å². The third-order valence-corrected chi connectivity index (χ3v) is 6.02. The van der Waals surface area contributed by atoms with Gasteiger partial charge in [0.05, 0.1) is 18.0 Å². The van der Waals surface area contributed by atoms with E-state index in [0.29, 0.717) is 45.4 Å². The van der Waals surface area contributed by atoms with E-state index in [9.17, 15) is 13.2 Å². The van der Waals surface area contributed by atoms with Crippen LogP contribution in [0.5, 0.6) is 0 Å². The van der Waals surface area contributed by atoms with Crippen LogP contribution in [-0.4, -0.2) is 50.8 Å². The first-order chi connectivity index (χ1) is 12.8. The van der Waals surface area contributed by atoms with Crippen LogP contribution in [0.15, 0.2) is 39.4 Å². The van der Waals surface area contributed by atoms with Gasteiger partial charge in [0, 0.05) is 38.5 Å². The van der Waals surface area contributed by atoms with Gasteiger partial charge in [0.1, 0.15) is 6.10 Å². The van der Waals surface area contributed by atoms with Crippen LogP contribution in [0.2, 0.25) is 0 Å². The molecule has 2 aliphatic rings. The highest BCUT2D eigenvalue weighted by Crippen LogP contribution is 2.38. The van der Waals surface area contributed by atoms with Crippen LogP contribution in [0.4, 0.5) is 0 Å². The quantitative estimate of drug-likeness (QED) is 0.670. The van der Waals surface area contributed by atoms with Gasteiger partial charge in [0.25, 0.3) is 0 Å². The number of sulfone groups is 1. The molecule has 2 heterocycles. The maximum atomic E-state index is 12.6. The van der Waals surface area contributed by atoms with Crippen LogP contribution in [0.3, 0.4) is 0 Å². The third kappa shape index (κ3) is 4.93. The second kappa shape index (κ2) is 7.79. The highest BCUT2D eigenvalue weighted by molar-refractivity contribution is 7.90. The molecule has 0 bridgehead atoms. The number of morpholine rings is 1. The summed E-state index contributed by atoms with van der Waals surface area (Å²) in [6.45, 7) is 1.44. The molecule has 0 N–H and O–H groups in total. The highest BCUT2D eigenvalue weighted by atomic mass is 32.2. The molecule has 27 heavy (non-hydrogen) atoms. The number of hydrogen-bond donors (Lipinski definition) is 0. The Morgan fingerprint density at radius 2 is 2.04 bits per heavy atom. The summed E-state index contributed by atoms with van der Waals surface area (Å²) in [4.78, 5) is 14.6. The van der Waals surface area contributed by atoms with Gasteiger partial charge in [-0.1, -0.05) is 12.1 Å². The van der Waals surface area contributed by atoms with Crippen molar-refractivity contribution in [2.24, 2.45) is 10.2 Å². The fourth-order valence-corrected chi connectivity index (χ4v) is 3.77. The molecule has 3 rings (SSSR count). The van der Waals surface area contributed by atoms with E-state index in [1.807, 2.05) is 0 Å². The number of carbonyl (C=O) groups excluding carboxylic acids is 1. The molecule has 1 aromatic carbocycles. The molecule has 0 aromatic heterocycles. The Labute approximate surface area is 159 Å². The molecule has 1 fully saturated rings. The summed E-state index contributed by atoms with van der Waals surface area (Å²) in [5, 5.41) is 8.13. The summed E-state index contributed by atoms with van der Waals surface area (Å²) >= 11 is 0. The molecule has 0 aliphatic carbocycles. The van der Waals surface area contributed by atoms with Crippen LogP contribution >= 0.6 is 0 Å². The first-order valence-corrected chi connectivity index (χ1v) is 10.8. The fourth-order valence-electron chi connectivity index (χ4n) is 3.14. The monoisotopic (exact) mass is 389 g/mol. The Morgan fingerprint density at radius 1 is 1.33 bits per heavy atom. The van der Waals surface area contributed by atoms with E-state index in [2.05, 4.69) is 16.1 Å². The van der Waals surface area contributed by atoms with Crippen LogP contribution in [0.25, 0.3) is 0 Å². The van der Waals surface area contributed by atoms with Gasteiger partial charge < -0.3 is 9.64 Å². The summed E-state index contributed by atoms with van der Waals surface area (Å²) in [6, 6.07) is 6.62. The number of amides is 1. The summed E-state index contributed by atoms with van der Waals surface area (Å²) in [5.41, 5.74) is 0.410. The zero-order chi connectivity index (χ0) is 19.5. The molecule has 1 atom stereocenters. The minimum atomic E-state index is -3.23. The third-order valence-electron chi connectivity index (χ3n) is 4.89. The molecule has 8 heteroatoms. The molecule has 1 unspecified atom stereocenters. The number of carbonyl (C=O) groups is 1. The van der Waals surface area contributed by atoms with Crippen molar-refractivity contribution in [1.82, 2.24) is 4.90 Å². The summed E-state index contributed by atoms with van der Waals surface area (Å²) in [7, 11) is -3.23. The van der Waals surface area contributed by atoms with E-state index < -0.39 is 15.5 Å². The highest BCUT2D eigenvalue weighted by Gasteiger charge is 2.40. The van der Waals surface area contributed by atoms with E-state index >= 15 is 0 Å². The summed E-state index contributed by atoms with van der Waals surface area (Å²) < 4.78 is 28.9. The van der Waals surface area contributed by atoms with Crippen molar-refractivity contribution < 1.29 is 17.9 Å². The number of hydrogen-bond acceptors (Lipinski definition) is 6. The molecule has 2 aliphatic heterocycles. The topological polar surface area (TPSA) is 88.4 Å². The Balaban J connectivity index is 1.56. The van der Waals surface area contributed by atoms with Crippen LogP contribution in [-0.2, 0) is 19.4 Å². The van der Waals surface area contributed by atoms with Gasteiger partial charge in [-0.2, -0.15) is 10.2 Å². The van der Waals surface area contributed by atoms with Gasteiger partial charge in [-0.3, -0.25) is 4.79 Å². The van der Waals surface area contributed by atoms with Gasteiger partial charge in [-0.05, 0) is 17.7 Å². The molecule has 1 saturated heterocycles. The maximum Gasteiger partial charge on any atom is 0.222 e. The van der Waals surface area contributed by atoms with E-state index in [1.54, 1.807) is 29.2 Å². The van der Waals surface area contributed by atoms with Crippen molar-refractivity contribution in [3.05, 3.63) is 29.8 Å². The smallest absolute Gasteiger partial charge is 0.222 e.